The maximum Gasteiger partial charge on any atom is 0.311 e. The van der Waals surface area contributed by atoms with Gasteiger partial charge in [-0.2, -0.15) is 0 Å². The van der Waals surface area contributed by atoms with Crippen molar-refractivity contribution in [3.8, 4) is 0 Å². The molecule has 0 saturated carbocycles. The molecule has 0 bridgehead atoms. The van der Waals surface area contributed by atoms with Gasteiger partial charge in [-0.15, -0.1) is 0 Å². The molecule has 0 aromatic heterocycles. The lowest BCUT2D eigenvalue weighted by molar-refractivity contribution is -0.161. The Balaban J connectivity index is 1.45. The molecule has 1 aromatic carbocycles. The number of aliphatic carboxylic acids is 1. The zero-order valence-corrected chi connectivity index (χ0v) is 17.5. The third-order valence-electron chi connectivity index (χ3n) is 7.22. The number of rotatable bonds is 3. The second-order valence-corrected chi connectivity index (χ2v) is 8.90. The number of anilines is 1. The smallest absolute Gasteiger partial charge is 0.311 e. The Morgan fingerprint density at radius 3 is 2.31 bits per heavy atom. The van der Waals surface area contributed by atoms with Crippen LogP contribution in [0.3, 0.4) is 0 Å². The Kier molecular flexibility index (Phi) is 5.53. The molecule has 2 atom stereocenters. The number of carboxylic acids is 1. The minimum atomic E-state index is -0.713. The monoisotopic (exact) mass is 400 g/mol. The topological polar surface area (TPSA) is 67.3 Å². The van der Waals surface area contributed by atoms with Gasteiger partial charge in [0, 0.05) is 56.6 Å². The van der Waals surface area contributed by atoms with E-state index in [4.69, 9.17) is 0 Å². The van der Waals surface area contributed by atoms with E-state index in [9.17, 15) is 14.7 Å². The van der Waals surface area contributed by atoms with Gasteiger partial charge in [0.15, 0.2) is 0 Å². The van der Waals surface area contributed by atoms with Crippen LogP contribution in [-0.2, 0) is 4.79 Å². The van der Waals surface area contributed by atoms with Crippen LogP contribution in [-0.4, -0.2) is 97.6 Å². The van der Waals surface area contributed by atoms with Gasteiger partial charge >= 0.3 is 5.97 Å². The van der Waals surface area contributed by atoms with Crippen LogP contribution in [0.15, 0.2) is 24.3 Å². The molecule has 0 unspecified atom stereocenters. The molecule has 3 fully saturated rings. The van der Waals surface area contributed by atoms with Crippen LogP contribution in [0.2, 0.25) is 0 Å². The molecule has 3 aliphatic heterocycles. The van der Waals surface area contributed by atoms with E-state index in [0.717, 1.165) is 44.8 Å². The highest BCUT2D eigenvalue weighted by molar-refractivity contribution is 5.95. The number of likely N-dealkylation sites (N-methyl/N-ethyl adjacent to an activating group) is 2. The molecular formula is C22H32N4O3. The predicted octanol–water partition coefficient (Wildman–Crippen LogP) is 1.45. The van der Waals surface area contributed by atoms with Gasteiger partial charge in [-0.3, -0.25) is 9.59 Å². The second kappa shape index (κ2) is 7.95. The van der Waals surface area contributed by atoms with E-state index in [1.807, 2.05) is 36.2 Å². The number of fused-ring (bicyclic) bond motifs is 1. The quantitative estimate of drug-likeness (QED) is 0.828. The molecule has 1 aromatic rings. The molecule has 0 radical (unpaired) electrons. The highest BCUT2D eigenvalue weighted by atomic mass is 16.4. The summed E-state index contributed by atoms with van der Waals surface area (Å²) >= 11 is 0. The third kappa shape index (κ3) is 3.73. The summed E-state index contributed by atoms with van der Waals surface area (Å²) in [4.78, 5) is 33.9. The number of carbonyl (C=O) groups is 2. The summed E-state index contributed by atoms with van der Waals surface area (Å²) in [5, 5.41) is 9.92. The predicted molar refractivity (Wildman–Crippen MR) is 112 cm³/mol. The molecule has 1 amide bonds. The van der Waals surface area contributed by atoms with Gasteiger partial charge < -0.3 is 24.7 Å². The van der Waals surface area contributed by atoms with E-state index in [-0.39, 0.29) is 11.9 Å². The van der Waals surface area contributed by atoms with Crippen LogP contribution in [0, 0.1) is 5.41 Å². The minimum Gasteiger partial charge on any atom is -0.481 e. The number of nitrogens with zero attached hydrogens (tertiary/aromatic N) is 4. The van der Waals surface area contributed by atoms with Crippen LogP contribution in [0.1, 0.15) is 29.6 Å². The Morgan fingerprint density at radius 1 is 0.966 bits per heavy atom. The number of carboxylic acid groups (broad SMARTS) is 1. The lowest BCUT2D eigenvalue weighted by atomic mass is 9.68. The molecule has 3 aliphatic rings. The molecule has 7 nitrogen and oxygen atoms in total. The van der Waals surface area contributed by atoms with Gasteiger partial charge in [0.25, 0.3) is 5.91 Å². The number of amides is 1. The number of likely N-dealkylation sites (tertiary alicyclic amines) is 2. The summed E-state index contributed by atoms with van der Waals surface area (Å²) in [5.41, 5.74) is 1.13. The molecule has 7 heteroatoms. The Bertz CT molecular complexity index is 760. The third-order valence-corrected chi connectivity index (χ3v) is 7.22. The summed E-state index contributed by atoms with van der Waals surface area (Å²) in [6.07, 6.45) is 2.14. The average molecular weight is 401 g/mol. The van der Waals surface area contributed by atoms with Gasteiger partial charge in [-0.1, -0.05) is 0 Å². The fourth-order valence-electron chi connectivity index (χ4n) is 5.23. The van der Waals surface area contributed by atoms with Crippen LogP contribution < -0.4 is 4.90 Å². The highest BCUT2D eigenvalue weighted by Gasteiger charge is 2.52. The van der Waals surface area contributed by atoms with Crippen molar-refractivity contribution in [2.24, 2.45) is 5.41 Å². The zero-order valence-electron chi connectivity index (χ0n) is 17.5. The van der Waals surface area contributed by atoms with Gasteiger partial charge in [0.2, 0.25) is 0 Å². The number of carbonyl (C=O) groups excluding carboxylic acids is 1. The Hall–Kier alpha value is -2.12. The zero-order chi connectivity index (χ0) is 20.6. The minimum absolute atomic E-state index is 0.00731. The highest BCUT2D eigenvalue weighted by Crippen LogP contribution is 2.42. The fraction of sp³-hybridized carbons (Fsp3) is 0.636. The largest absolute Gasteiger partial charge is 0.481 e. The van der Waals surface area contributed by atoms with Crippen LogP contribution in [0.4, 0.5) is 5.69 Å². The van der Waals surface area contributed by atoms with E-state index in [1.165, 1.54) is 0 Å². The summed E-state index contributed by atoms with van der Waals surface area (Å²) < 4.78 is 0. The number of benzene rings is 1. The van der Waals surface area contributed by atoms with E-state index < -0.39 is 11.4 Å². The Morgan fingerprint density at radius 2 is 1.66 bits per heavy atom. The summed E-state index contributed by atoms with van der Waals surface area (Å²) in [5.74, 6) is -0.703. The van der Waals surface area contributed by atoms with E-state index in [2.05, 4.69) is 21.7 Å². The maximum atomic E-state index is 13.1. The van der Waals surface area contributed by atoms with Gasteiger partial charge in [-0.05, 0) is 64.2 Å². The molecule has 0 aliphatic carbocycles. The standard InChI is InChI=1S/C22H32N4O3/c1-23-12-14-25(15-13-23)18-6-4-17(5-7-18)20(27)26-11-9-22(21(28)29)8-3-10-24(2)19(22)16-26/h4-7,19H,3,8-16H2,1-2H3,(H,28,29)/t19-,22+/m1/s1. The van der Waals surface area contributed by atoms with Crippen molar-refractivity contribution in [2.75, 3.05) is 64.8 Å². The molecule has 158 valence electrons. The molecule has 1 N–H and O–H groups in total. The summed E-state index contributed by atoms with van der Waals surface area (Å²) in [7, 11) is 4.13. The first kappa shape index (κ1) is 20.2. The number of piperidine rings is 2. The molecule has 3 heterocycles. The molecule has 29 heavy (non-hydrogen) atoms. The number of hydrogen-bond donors (Lipinski definition) is 1. The molecule has 3 saturated heterocycles. The number of hydrogen-bond acceptors (Lipinski definition) is 5. The second-order valence-electron chi connectivity index (χ2n) is 8.90. The van der Waals surface area contributed by atoms with Crippen LogP contribution in [0.5, 0.6) is 0 Å². The van der Waals surface area contributed by atoms with Gasteiger partial charge in [0.05, 0.1) is 5.41 Å². The van der Waals surface area contributed by atoms with Crippen molar-refractivity contribution in [1.82, 2.24) is 14.7 Å². The SMILES string of the molecule is CN1CCN(c2ccc(C(=O)N3CC[C@@]4(C(=O)O)CCCN(C)[C@@H]4C3)cc2)CC1. The van der Waals surface area contributed by atoms with E-state index >= 15 is 0 Å². The number of piperazine rings is 1. The van der Waals surface area contributed by atoms with Crippen molar-refractivity contribution in [2.45, 2.75) is 25.3 Å². The summed E-state index contributed by atoms with van der Waals surface area (Å²) in [6.45, 7) is 5.99. The van der Waals surface area contributed by atoms with Crippen LogP contribution in [0.25, 0.3) is 0 Å². The molecule has 0 spiro atoms. The van der Waals surface area contributed by atoms with Crippen molar-refractivity contribution < 1.29 is 14.7 Å². The first-order valence-electron chi connectivity index (χ1n) is 10.7. The van der Waals surface area contributed by atoms with Crippen molar-refractivity contribution in [1.29, 1.82) is 0 Å². The lowest BCUT2D eigenvalue weighted by Gasteiger charge is -2.51. The van der Waals surface area contributed by atoms with Gasteiger partial charge in [-0.25, -0.2) is 0 Å². The normalized spacial score (nSPS) is 28.8. The Labute approximate surface area is 172 Å². The first-order valence-corrected chi connectivity index (χ1v) is 10.7. The maximum absolute atomic E-state index is 13.1. The lowest BCUT2D eigenvalue weighted by Crippen LogP contribution is -2.63. The molecule has 4 rings (SSSR count). The van der Waals surface area contributed by atoms with E-state index in [0.29, 0.717) is 31.5 Å². The fourth-order valence-corrected chi connectivity index (χ4v) is 5.23. The van der Waals surface area contributed by atoms with Gasteiger partial charge in [0.1, 0.15) is 0 Å². The van der Waals surface area contributed by atoms with Crippen molar-refractivity contribution in [3.63, 3.8) is 0 Å². The van der Waals surface area contributed by atoms with Crippen molar-refractivity contribution >= 4 is 17.6 Å². The average Bonchev–Trinajstić information content (AvgIpc) is 2.74. The first-order chi connectivity index (χ1) is 13.9. The molecular weight excluding hydrogens is 368 g/mol. The van der Waals surface area contributed by atoms with Crippen molar-refractivity contribution in [3.05, 3.63) is 29.8 Å². The summed E-state index contributed by atoms with van der Waals surface area (Å²) in [6, 6.07) is 7.79. The van der Waals surface area contributed by atoms with Crippen LogP contribution >= 0.6 is 0 Å². The van der Waals surface area contributed by atoms with E-state index in [1.54, 1.807) is 0 Å².